The molecule has 0 radical (unpaired) electrons. The summed E-state index contributed by atoms with van der Waals surface area (Å²) in [6, 6.07) is 9.13. The molecule has 0 bridgehead atoms. The average molecular weight is 412 g/mol. The highest BCUT2D eigenvalue weighted by Gasteiger charge is 2.26. The van der Waals surface area contributed by atoms with Crippen LogP contribution in [0.15, 0.2) is 41.3 Å². The average Bonchev–Trinajstić information content (AvgIpc) is 2.63. The number of halogens is 1. The molecule has 0 N–H and O–H groups in total. The van der Waals surface area contributed by atoms with Gasteiger partial charge in [-0.3, -0.25) is 4.31 Å². The number of carbonyl (C=O) groups excluding carboxylic acids is 1. The topological polar surface area (TPSA) is 72.9 Å². The third-order valence-electron chi connectivity index (χ3n) is 3.97. The van der Waals surface area contributed by atoms with Crippen LogP contribution >= 0.6 is 11.6 Å². The van der Waals surface area contributed by atoms with Crippen LogP contribution < -0.4 is 9.04 Å². The maximum atomic E-state index is 13.1. The van der Waals surface area contributed by atoms with Crippen molar-refractivity contribution in [2.45, 2.75) is 25.7 Å². The third-order valence-corrected chi connectivity index (χ3v) is 6.20. The molecule has 0 unspecified atom stereocenters. The molecule has 0 saturated heterocycles. The lowest BCUT2D eigenvalue weighted by molar-refractivity contribution is 0.0526. The van der Waals surface area contributed by atoms with E-state index in [2.05, 4.69) is 0 Å². The van der Waals surface area contributed by atoms with Gasteiger partial charge in [-0.25, -0.2) is 13.2 Å². The van der Waals surface area contributed by atoms with E-state index in [0.717, 1.165) is 0 Å². The van der Waals surface area contributed by atoms with Gasteiger partial charge in [0, 0.05) is 6.54 Å². The van der Waals surface area contributed by atoms with Crippen molar-refractivity contribution in [3.63, 3.8) is 0 Å². The Hall–Kier alpha value is -2.25. The molecule has 0 spiro atoms. The maximum absolute atomic E-state index is 13.1. The fraction of sp³-hybridized carbons (Fsp3) is 0.316. The predicted octanol–water partition coefficient (Wildman–Crippen LogP) is 4.05. The van der Waals surface area contributed by atoms with Crippen LogP contribution in [-0.4, -0.2) is 34.6 Å². The first-order valence-corrected chi connectivity index (χ1v) is 10.2. The lowest BCUT2D eigenvalue weighted by Crippen LogP contribution is -2.31. The van der Waals surface area contributed by atoms with E-state index in [0.29, 0.717) is 17.0 Å². The molecule has 2 rings (SSSR count). The molecule has 0 aliphatic carbocycles. The van der Waals surface area contributed by atoms with Gasteiger partial charge in [0.15, 0.2) is 0 Å². The fourth-order valence-electron chi connectivity index (χ4n) is 2.66. The van der Waals surface area contributed by atoms with Crippen molar-refractivity contribution in [2.75, 3.05) is 24.6 Å². The second-order valence-corrected chi connectivity index (χ2v) is 7.96. The summed E-state index contributed by atoms with van der Waals surface area (Å²) in [7, 11) is -2.31. The Morgan fingerprint density at radius 3 is 2.41 bits per heavy atom. The smallest absolute Gasteiger partial charge is 0.339 e. The van der Waals surface area contributed by atoms with Gasteiger partial charge in [0.2, 0.25) is 0 Å². The zero-order valence-corrected chi connectivity index (χ0v) is 17.2. The number of rotatable bonds is 7. The minimum atomic E-state index is -3.84. The highest BCUT2D eigenvalue weighted by molar-refractivity contribution is 7.92. The molecule has 146 valence electrons. The van der Waals surface area contributed by atoms with E-state index in [9.17, 15) is 13.2 Å². The summed E-state index contributed by atoms with van der Waals surface area (Å²) in [5.74, 6) is 0.00572. The first kappa shape index (κ1) is 21.1. The zero-order chi connectivity index (χ0) is 20.2. The van der Waals surface area contributed by atoms with Crippen LogP contribution in [0, 0.1) is 6.92 Å². The molecule has 0 fully saturated rings. The third kappa shape index (κ3) is 4.36. The van der Waals surface area contributed by atoms with Crippen LogP contribution in [0.1, 0.15) is 29.8 Å². The molecule has 0 heterocycles. The van der Waals surface area contributed by atoms with Gasteiger partial charge in [-0.2, -0.15) is 0 Å². The van der Waals surface area contributed by atoms with Crippen molar-refractivity contribution in [3.8, 4) is 5.75 Å². The quantitative estimate of drug-likeness (QED) is 0.642. The van der Waals surface area contributed by atoms with E-state index in [4.69, 9.17) is 21.1 Å². The molecule has 0 aliphatic rings. The number of hydrogen-bond donors (Lipinski definition) is 0. The normalized spacial score (nSPS) is 11.1. The number of benzene rings is 2. The first-order chi connectivity index (χ1) is 12.8. The van der Waals surface area contributed by atoms with Crippen molar-refractivity contribution >= 4 is 33.3 Å². The molecule has 2 aromatic rings. The highest BCUT2D eigenvalue weighted by Crippen LogP contribution is 2.30. The minimum Gasteiger partial charge on any atom is -0.496 e. The Bertz CT molecular complexity index is 943. The summed E-state index contributed by atoms with van der Waals surface area (Å²) >= 11 is 6.08. The summed E-state index contributed by atoms with van der Waals surface area (Å²) in [4.78, 5) is 12.2. The number of sulfonamides is 1. The molecule has 6 nitrogen and oxygen atoms in total. The molecule has 0 saturated carbocycles. The Kier molecular flexibility index (Phi) is 6.73. The van der Waals surface area contributed by atoms with Crippen molar-refractivity contribution in [1.82, 2.24) is 0 Å². The van der Waals surface area contributed by atoms with E-state index in [1.807, 2.05) is 0 Å². The number of hydrogen-bond acceptors (Lipinski definition) is 5. The Morgan fingerprint density at radius 1 is 1.15 bits per heavy atom. The van der Waals surface area contributed by atoms with Gasteiger partial charge in [0.05, 0.1) is 34.9 Å². The van der Waals surface area contributed by atoms with Crippen molar-refractivity contribution in [1.29, 1.82) is 0 Å². The molecule has 0 aromatic heterocycles. The van der Waals surface area contributed by atoms with Crippen LogP contribution in [0.25, 0.3) is 0 Å². The number of ether oxygens (including phenoxy) is 2. The van der Waals surface area contributed by atoms with Crippen LogP contribution in [0.4, 0.5) is 5.69 Å². The number of anilines is 1. The van der Waals surface area contributed by atoms with E-state index >= 15 is 0 Å². The minimum absolute atomic E-state index is 0.121. The number of carbonyl (C=O) groups is 1. The van der Waals surface area contributed by atoms with Crippen molar-refractivity contribution in [3.05, 3.63) is 52.5 Å². The summed E-state index contributed by atoms with van der Waals surface area (Å²) in [6.07, 6.45) is 0. The zero-order valence-electron chi connectivity index (χ0n) is 15.7. The van der Waals surface area contributed by atoms with Gasteiger partial charge in [0.25, 0.3) is 10.0 Å². The lowest BCUT2D eigenvalue weighted by Gasteiger charge is -2.24. The molecule has 2 aromatic carbocycles. The predicted molar refractivity (Wildman–Crippen MR) is 105 cm³/mol. The van der Waals surface area contributed by atoms with Gasteiger partial charge in [0.1, 0.15) is 5.75 Å². The molecule has 0 amide bonds. The Balaban J connectivity index is 2.51. The number of aryl methyl sites for hydroxylation is 1. The van der Waals surface area contributed by atoms with E-state index in [-0.39, 0.29) is 28.6 Å². The highest BCUT2D eigenvalue weighted by atomic mass is 35.5. The summed E-state index contributed by atoms with van der Waals surface area (Å²) in [6.45, 7) is 5.55. The summed E-state index contributed by atoms with van der Waals surface area (Å²) in [5, 5.41) is 0.200. The number of methoxy groups -OCH3 is 1. The van der Waals surface area contributed by atoms with E-state index < -0.39 is 16.0 Å². The largest absolute Gasteiger partial charge is 0.496 e. The second kappa shape index (κ2) is 8.63. The van der Waals surface area contributed by atoms with Gasteiger partial charge in [-0.05, 0) is 62.7 Å². The second-order valence-electron chi connectivity index (χ2n) is 5.69. The fourth-order valence-corrected chi connectivity index (χ4v) is 4.41. The van der Waals surface area contributed by atoms with Crippen LogP contribution in [0.2, 0.25) is 5.02 Å². The van der Waals surface area contributed by atoms with E-state index in [1.165, 1.54) is 29.6 Å². The van der Waals surface area contributed by atoms with Crippen molar-refractivity contribution in [2.24, 2.45) is 0 Å². The van der Waals surface area contributed by atoms with Crippen LogP contribution in [0.5, 0.6) is 5.75 Å². The van der Waals surface area contributed by atoms with Crippen LogP contribution in [-0.2, 0) is 14.8 Å². The van der Waals surface area contributed by atoms with Crippen LogP contribution in [0.3, 0.4) is 0 Å². The monoisotopic (exact) mass is 411 g/mol. The maximum Gasteiger partial charge on any atom is 0.339 e. The van der Waals surface area contributed by atoms with Gasteiger partial charge < -0.3 is 9.47 Å². The first-order valence-electron chi connectivity index (χ1n) is 8.40. The number of esters is 1. The van der Waals surface area contributed by atoms with Gasteiger partial charge >= 0.3 is 5.97 Å². The lowest BCUT2D eigenvalue weighted by atomic mass is 10.2. The Labute approximate surface area is 164 Å². The van der Waals surface area contributed by atoms with Gasteiger partial charge in [-0.15, -0.1) is 0 Å². The van der Waals surface area contributed by atoms with E-state index in [1.54, 1.807) is 39.0 Å². The number of nitrogens with zero attached hydrogens (tertiary/aromatic N) is 1. The Morgan fingerprint density at radius 2 is 1.85 bits per heavy atom. The molecular weight excluding hydrogens is 390 g/mol. The molecule has 0 atom stereocenters. The molecule has 0 aliphatic heterocycles. The standard InChI is InChI=1S/C19H22ClNO5S/c1-5-21(14-7-9-17(20)16(12-14)19(22)26-6-2)27(23,24)15-8-10-18(25-4)13(3)11-15/h7-12H,5-6H2,1-4H3. The van der Waals surface area contributed by atoms with Gasteiger partial charge in [-0.1, -0.05) is 11.6 Å². The summed E-state index contributed by atoms with van der Waals surface area (Å²) < 4.78 is 37.7. The summed E-state index contributed by atoms with van der Waals surface area (Å²) in [5.41, 5.74) is 1.16. The SMILES string of the molecule is CCOC(=O)c1cc(N(CC)S(=O)(=O)c2ccc(OC)c(C)c2)ccc1Cl. The molecule has 27 heavy (non-hydrogen) atoms. The molecular formula is C19H22ClNO5S. The van der Waals surface area contributed by atoms with Crippen molar-refractivity contribution < 1.29 is 22.7 Å². The molecule has 8 heteroatoms.